The van der Waals surface area contributed by atoms with Crippen LogP contribution < -0.4 is 5.56 Å². The zero-order valence-electron chi connectivity index (χ0n) is 8.79. The summed E-state index contributed by atoms with van der Waals surface area (Å²) >= 11 is 5.54. The molecule has 0 aliphatic heterocycles. The first-order valence-electron chi connectivity index (χ1n) is 4.74. The molecular formula is C11H8ClFN2O2. The lowest BCUT2D eigenvalue weighted by Crippen LogP contribution is -2.12. The maximum absolute atomic E-state index is 13.2. The molecule has 2 aromatic rings. The quantitative estimate of drug-likeness (QED) is 0.820. The summed E-state index contributed by atoms with van der Waals surface area (Å²) in [5.74, 6) is -0.903. The lowest BCUT2D eigenvalue weighted by atomic mass is 10.2. The number of rotatable bonds is 1. The molecule has 0 saturated heterocycles. The van der Waals surface area contributed by atoms with E-state index < -0.39 is 11.4 Å². The number of aromatic hydroxyl groups is 1. The third-order valence-electron chi connectivity index (χ3n) is 2.32. The molecule has 0 bridgehead atoms. The van der Waals surface area contributed by atoms with E-state index >= 15 is 0 Å². The minimum atomic E-state index is -0.619. The fourth-order valence-electron chi connectivity index (χ4n) is 1.30. The molecule has 4 nitrogen and oxygen atoms in total. The van der Waals surface area contributed by atoms with E-state index in [9.17, 15) is 14.3 Å². The van der Waals surface area contributed by atoms with E-state index in [1.165, 1.54) is 19.1 Å². The number of nitrogens with zero attached hydrogens (tertiary/aromatic N) is 1. The van der Waals surface area contributed by atoms with Crippen molar-refractivity contribution in [1.29, 1.82) is 0 Å². The van der Waals surface area contributed by atoms with Crippen molar-refractivity contribution < 1.29 is 9.50 Å². The summed E-state index contributed by atoms with van der Waals surface area (Å²) < 4.78 is 13.2. The van der Waals surface area contributed by atoms with Gasteiger partial charge in [-0.15, -0.1) is 0 Å². The molecule has 0 radical (unpaired) electrons. The number of H-pyrrole nitrogens is 1. The van der Waals surface area contributed by atoms with Crippen LogP contribution in [0.3, 0.4) is 0 Å². The van der Waals surface area contributed by atoms with Crippen molar-refractivity contribution in [3.63, 3.8) is 0 Å². The fourth-order valence-corrected chi connectivity index (χ4v) is 1.42. The van der Waals surface area contributed by atoms with E-state index in [-0.39, 0.29) is 22.3 Å². The summed E-state index contributed by atoms with van der Waals surface area (Å²) in [6, 6.07) is 3.98. The van der Waals surface area contributed by atoms with Crippen molar-refractivity contribution in [2.45, 2.75) is 6.92 Å². The Morgan fingerprint density at radius 3 is 2.76 bits per heavy atom. The van der Waals surface area contributed by atoms with Crippen molar-refractivity contribution in [2.75, 3.05) is 0 Å². The summed E-state index contributed by atoms with van der Waals surface area (Å²) in [5.41, 5.74) is -0.0228. The molecule has 1 heterocycles. The van der Waals surface area contributed by atoms with Gasteiger partial charge >= 0.3 is 0 Å². The van der Waals surface area contributed by atoms with Crippen LogP contribution in [0.4, 0.5) is 4.39 Å². The van der Waals surface area contributed by atoms with Gasteiger partial charge in [0.25, 0.3) is 5.56 Å². The fraction of sp³-hybridized carbons (Fsp3) is 0.0909. The monoisotopic (exact) mass is 254 g/mol. The van der Waals surface area contributed by atoms with Crippen molar-refractivity contribution in [2.24, 2.45) is 0 Å². The molecule has 0 amide bonds. The van der Waals surface area contributed by atoms with Gasteiger partial charge in [-0.1, -0.05) is 11.6 Å². The van der Waals surface area contributed by atoms with E-state index in [0.29, 0.717) is 5.56 Å². The van der Waals surface area contributed by atoms with Gasteiger partial charge in [0.2, 0.25) is 5.88 Å². The van der Waals surface area contributed by atoms with Crippen LogP contribution in [-0.2, 0) is 0 Å². The van der Waals surface area contributed by atoms with E-state index in [0.717, 1.165) is 6.07 Å². The summed E-state index contributed by atoms with van der Waals surface area (Å²) in [5, 5.41) is 9.39. The Morgan fingerprint density at radius 2 is 2.18 bits per heavy atom. The average Bonchev–Trinajstić information content (AvgIpc) is 2.29. The third kappa shape index (κ3) is 2.14. The van der Waals surface area contributed by atoms with Gasteiger partial charge in [-0.05, 0) is 25.1 Å². The van der Waals surface area contributed by atoms with Crippen LogP contribution in [0.1, 0.15) is 5.56 Å². The first-order valence-corrected chi connectivity index (χ1v) is 5.12. The molecule has 0 saturated carbocycles. The molecule has 88 valence electrons. The standard InChI is InChI=1S/C11H8ClFN2O2/c1-5-10(16)14-9(15-11(5)17)6-2-3-7(12)8(13)4-6/h2-4H,1H3,(H2,14,15,16,17). The van der Waals surface area contributed by atoms with Crippen LogP contribution in [0, 0.1) is 12.7 Å². The highest BCUT2D eigenvalue weighted by Gasteiger charge is 2.09. The lowest BCUT2D eigenvalue weighted by molar-refractivity contribution is 0.447. The van der Waals surface area contributed by atoms with Crippen LogP contribution in [-0.4, -0.2) is 15.1 Å². The number of halogens is 2. The number of nitrogens with one attached hydrogen (secondary N) is 1. The minimum Gasteiger partial charge on any atom is -0.493 e. The average molecular weight is 255 g/mol. The van der Waals surface area contributed by atoms with Gasteiger partial charge in [0.15, 0.2) is 0 Å². The van der Waals surface area contributed by atoms with Crippen LogP contribution in [0.15, 0.2) is 23.0 Å². The van der Waals surface area contributed by atoms with Crippen molar-refractivity contribution in [3.05, 3.63) is 45.0 Å². The first-order chi connectivity index (χ1) is 7.99. The molecule has 0 aliphatic rings. The van der Waals surface area contributed by atoms with Gasteiger partial charge in [0.1, 0.15) is 11.6 Å². The summed E-state index contributed by atoms with van der Waals surface area (Å²) in [7, 11) is 0. The second-order valence-electron chi connectivity index (χ2n) is 3.49. The van der Waals surface area contributed by atoms with Gasteiger partial charge in [-0.2, -0.15) is 4.98 Å². The second-order valence-corrected chi connectivity index (χ2v) is 3.90. The predicted molar refractivity (Wildman–Crippen MR) is 61.7 cm³/mol. The summed E-state index contributed by atoms with van der Waals surface area (Å²) in [4.78, 5) is 17.6. The SMILES string of the molecule is Cc1c(O)nc(-c2ccc(Cl)c(F)c2)[nH]c1=O. The Labute approximate surface area is 101 Å². The van der Waals surface area contributed by atoms with E-state index in [1.54, 1.807) is 0 Å². The molecule has 0 unspecified atom stereocenters. The second kappa shape index (κ2) is 4.18. The van der Waals surface area contributed by atoms with Crippen LogP contribution in [0.5, 0.6) is 5.88 Å². The molecule has 6 heteroatoms. The Morgan fingerprint density at radius 1 is 1.47 bits per heavy atom. The van der Waals surface area contributed by atoms with E-state index in [2.05, 4.69) is 9.97 Å². The number of benzene rings is 1. The Hall–Kier alpha value is -1.88. The highest BCUT2D eigenvalue weighted by molar-refractivity contribution is 6.30. The van der Waals surface area contributed by atoms with Gasteiger partial charge in [-0.3, -0.25) is 4.79 Å². The largest absolute Gasteiger partial charge is 0.493 e. The van der Waals surface area contributed by atoms with Gasteiger partial charge in [0.05, 0.1) is 10.6 Å². The van der Waals surface area contributed by atoms with Crippen molar-refractivity contribution in [3.8, 4) is 17.3 Å². The smallest absolute Gasteiger partial charge is 0.257 e. The molecule has 2 rings (SSSR count). The molecule has 0 aliphatic carbocycles. The zero-order chi connectivity index (χ0) is 12.6. The summed E-state index contributed by atoms with van der Waals surface area (Å²) in [6.07, 6.45) is 0. The Kier molecular flexibility index (Phi) is 2.85. The lowest BCUT2D eigenvalue weighted by Gasteiger charge is -2.04. The van der Waals surface area contributed by atoms with Crippen molar-refractivity contribution in [1.82, 2.24) is 9.97 Å². The van der Waals surface area contributed by atoms with E-state index in [1.807, 2.05) is 0 Å². The van der Waals surface area contributed by atoms with Crippen LogP contribution in [0.2, 0.25) is 5.02 Å². The van der Waals surface area contributed by atoms with Crippen molar-refractivity contribution >= 4 is 11.6 Å². The molecule has 1 aromatic heterocycles. The van der Waals surface area contributed by atoms with E-state index in [4.69, 9.17) is 11.6 Å². The first kappa shape index (κ1) is 11.6. The summed E-state index contributed by atoms with van der Waals surface area (Å²) in [6.45, 7) is 1.44. The maximum atomic E-state index is 13.2. The predicted octanol–water partition coefficient (Wildman–Crippen LogP) is 2.24. The third-order valence-corrected chi connectivity index (χ3v) is 2.63. The Balaban J connectivity index is 2.61. The number of hydrogen-bond acceptors (Lipinski definition) is 3. The number of aromatic amines is 1. The normalized spacial score (nSPS) is 10.5. The van der Waals surface area contributed by atoms with Crippen LogP contribution in [0.25, 0.3) is 11.4 Å². The molecule has 0 spiro atoms. The topological polar surface area (TPSA) is 66.0 Å². The minimum absolute atomic E-state index is 0.0209. The molecule has 17 heavy (non-hydrogen) atoms. The highest BCUT2D eigenvalue weighted by Crippen LogP contribution is 2.22. The molecule has 2 N–H and O–H groups in total. The van der Waals surface area contributed by atoms with Gasteiger partial charge in [-0.25, -0.2) is 4.39 Å². The highest BCUT2D eigenvalue weighted by atomic mass is 35.5. The number of aromatic nitrogens is 2. The maximum Gasteiger partial charge on any atom is 0.257 e. The molecule has 1 aromatic carbocycles. The van der Waals surface area contributed by atoms with Gasteiger partial charge < -0.3 is 10.1 Å². The zero-order valence-corrected chi connectivity index (χ0v) is 9.55. The molecular weight excluding hydrogens is 247 g/mol. The number of hydrogen-bond donors (Lipinski definition) is 2. The Bertz CT molecular complexity index is 640. The van der Waals surface area contributed by atoms with Crippen LogP contribution >= 0.6 is 11.6 Å². The van der Waals surface area contributed by atoms with Gasteiger partial charge in [0, 0.05) is 5.56 Å². The molecule has 0 fully saturated rings. The molecule has 0 atom stereocenters.